The molecular formula is C17H15N3O8. The zero-order valence-electron chi connectivity index (χ0n) is 14.3. The lowest BCUT2D eigenvalue weighted by molar-refractivity contribution is -0.422. The molecule has 0 bridgehead atoms. The summed E-state index contributed by atoms with van der Waals surface area (Å²) in [6.45, 7) is -0.0674. The normalized spacial score (nSPS) is 11.3. The number of aliphatic carboxylic acids is 1. The van der Waals surface area contributed by atoms with Gasteiger partial charge in [-0.15, -0.1) is 0 Å². The number of rotatable bonds is 8. The highest BCUT2D eigenvalue weighted by atomic mass is 16.6. The Morgan fingerprint density at radius 3 is 2.21 bits per heavy atom. The first-order chi connectivity index (χ1) is 13.3. The van der Waals surface area contributed by atoms with E-state index in [1.54, 1.807) is 30.3 Å². The summed E-state index contributed by atoms with van der Waals surface area (Å²) >= 11 is 0. The molecule has 0 fully saturated rings. The van der Waals surface area contributed by atoms with Gasteiger partial charge in [0, 0.05) is 18.6 Å². The van der Waals surface area contributed by atoms with Crippen LogP contribution in [-0.2, 0) is 22.6 Å². The molecule has 0 aliphatic heterocycles. The van der Waals surface area contributed by atoms with Crippen molar-refractivity contribution in [3.63, 3.8) is 0 Å². The Balaban J connectivity index is 2.07. The van der Waals surface area contributed by atoms with Crippen LogP contribution in [0.4, 0.5) is 16.2 Å². The number of nitro benzene ring substituents is 2. The molecule has 2 aromatic carbocycles. The molecule has 1 amide bonds. The first-order valence-corrected chi connectivity index (χ1v) is 7.89. The van der Waals surface area contributed by atoms with Crippen LogP contribution in [0.1, 0.15) is 11.1 Å². The van der Waals surface area contributed by atoms with Gasteiger partial charge in [0.05, 0.1) is 9.85 Å². The zero-order valence-corrected chi connectivity index (χ0v) is 14.3. The summed E-state index contributed by atoms with van der Waals surface area (Å²) in [6, 6.07) is 10.3. The Labute approximate surface area is 157 Å². The van der Waals surface area contributed by atoms with E-state index in [2.05, 4.69) is 5.32 Å². The molecular weight excluding hydrogens is 374 g/mol. The lowest BCUT2D eigenvalue weighted by atomic mass is 10.0. The highest BCUT2D eigenvalue weighted by Crippen LogP contribution is 2.28. The number of carboxylic acid groups (broad SMARTS) is 1. The number of hydrogen-bond acceptors (Lipinski definition) is 7. The molecule has 0 aliphatic rings. The number of nitro groups is 2. The molecule has 146 valence electrons. The number of ether oxygens (including phenoxy) is 1. The van der Waals surface area contributed by atoms with Crippen LogP contribution in [0, 0.1) is 20.2 Å². The second-order valence-corrected chi connectivity index (χ2v) is 5.64. The molecule has 1 atom stereocenters. The van der Waals surface area contributed by atoms with Crippen molar-refractivity contribution in [1.82, 2.24) is 5.32 Å². The average Bonchev–Trinajstić information content (AvgIpc) is 2.66. The van der Waals surface area contributed by atoms with Crippen molar-refractivity contribution in [2.45, 2.75) is 19.1 Å². The van der Waals surface area contributed by atoms with Gasteiger partial charge in [-0.2, -0.15) is 0 Å². The lowest BCUT2D eigenvalue weighted by Crippen LogP contribution is -2.42. The summed E-state index contributed by atoms with van der Waals surface area (Å²) < 4.78 is 4.95. The van der Waals surface area contributed by atoms with E-state index in [0.717, 1.165) is 12.1 Å². The van der Waals surface area contributed by atoms with Gasteiger partial charge in [0.25, 0.3) is 0 Å². The predicted molar refractivity (Wildman–Crippen MR) is 94.6 cm³/mol. The molecule has 11 heteroatoms. The van der Waals surface area contributed by atoms with Crippen LogP contribution < -0.4 is 5.32 Å². The van der Waals surface area contributed by atoms with Gasteiger partial charge in [0.1, 0.15) is 12.6 Å². The highest BCUT2D eigenvalue weighted by molar-refractivity contribution is 5.80. The molecule has 0 radical (unpaired) electrons. The quantitative estimate of drug-likeness (QED) is 0.513. The van der Waals surface area contributed by atoms with E-state index in [-0.39, 0.29) is 18.6 Å². The molecule has 2 rings (SSSR count). The Hall–Kier alpha value is -4.02. The van der Waals surface area contributed by atoms with E-state index in [4.69, 9.17) is 4.74 Å². The first-order valence-electron chi connectivity index (χ1n) is 7.89. The SMILES string of the molecule is O=C(N[C@H](Cc1ccc([N+](=O)[O-])c([N+](=O)[O-])c1)C(=O)O)OCc1ccccc1. The fourth-order valence-corrected chi connectivity index (χ4v) is 2.34. The van der Waals surface area contributed by atoms with Crippen molar-refractivity contribution in [1.29, 1.82) is 0 Å². The first kappa shape index (κ1) is 20.3. The van der Waals surface area contributed by atoms with Crippen LogP contribution in [0.2, 0.25) is 0 Å². The third-order valence-electron chi connectivity index (χ3n) is 3.68. The van der Waals surface area contributed by atoms with Crippen LogP contribution in [0.25, 0.3) is 0 Å². The number of benzene rings is 2. The minimum absolute atomic E-state index is 0.0674. The van der Waals surface area contributed by atoms with Gasteiger partial charge in [0.2, 0.25) is 0 Å². The Morgan fingerprint density at radius 1 is 1.00 bits per heavy atom. The number of nitrogens with one attached hydrogen (secondary N) is 1. The summed E-state index contributed by atoms with van der Waals surface area (Å²) in [4.78, 5) is 43.2. The smallest absolute Gasteiger partial charge is 0.408 e. The van der Waals surface area contributed by atoms with E-state index < -0.39 is 39.3 Å². The lowest BCUT2D eigenvalue weighted by Gasteiger charge is -2.14. The Kier molecular flexibility index (Phi) is 6.58. The molecule has 0 saturated heterocycles. The van der Waals surface area contributed by atoms with Crippen LogP contribution in [0.5, 0.6) is 0 Å². The molecule has 2 N–H and O–H groups in total. The van der Waals surface area contributed by atoms with Gasteiger partial charge in [-0.05, 0) is 11.1 Å². The number of hydrogen-bond donors (Lipinski definition) is 2. The fourth-order valence-electron chi connectivity index (χ4n) is 2.34. The van der Waals surface area contributed by atoms with Gasteiger partial charge in [-0.25, -0.2) is 9.59 Å². The molecule has 0 aromatic heterocycles. The van der Waals surface area contributed by atoms with Gasteiger partial charge < -0.3 is 15.2 Å². The molecule has 0 spiro atoms. The number of amides is 1. The number of nitrogens with zero attached hydrogens (tertiary/aromatic N) is 2. The second kappa shape index (κ2) is 9.07. The molecule has 0 heterocycles. The Morgan fingerprint density at radius 2 is 1.64 bits per heavy atom. The van der Waals surface area contributed by atoms with E-state index in [9.17, 15) is 34.9 Å². The number of alkyl carbamates (subject to hydrolysis) is 1. The van der Waals surface area contributed by atoms with E-state index in [1.165, 1.54) is 6.07 Å². The van der Waals surface area contributed by atoms with Gasteiger partial charge in [0.15, 0.2) is 0 Å². The summed E-state index contributed by atoms with van der Waals surface area (Å²) in [5, 5.41) is 33.3. The molecule has 0 saturated carbocycles. The van der Waals surface area contributed by atoms with Crippen LogP contribution in [-0.4, -0.2) is 33.1 Å². The summed E-state index contributed by atoms with van der Waals surface area (Å²) in [5.41, 5.74) is -0.641. The third-order valence-corrected chi connectivity index (χ3v) is 3.68. The van der Waals surface area contributed by atoms with E-state index >= 15 is 0 Å². The van der Waals surface area contributed by atoms with Crippen molar-refractivity contribution in [2.75, 3.05) is 0 Å². The van der Waals surface area contributed by atoms with Crippen LogP contribution in [0.3, 0.4) is 0 Å². The van der Waals surface area contributed by atoms with E-state index in [1.807, 2.05) is 0 Å². The van der Waals surface area contributed by atoms with Crippen molar-refractivity contribution >= 4 is 23.4 Å². The highest BCUT2D eigenvalue weighted by Gasteiger charge is 2.27. The standard InChI is InChI=1S/C17H15N3O8/c21-16(22)13(18-17(23)28-10-11-4-2-1-3-5-11)8-12-6-7-14(19(24)25)15(9-12)20(26)27/h1-7,9,13H,8,10H2,(H,18,23)(H,21,22)/t13-/m1/s1. The molecule has 28 heavy (non-hydrogen) atoms. The second-order valence-electron chi connectivity index (χ2n) is 5.64. The maximum Gasteiger partial charge on any atom is 0.408 e. The summed E-state index contributed by atoms with van der Waals surface area (Å²) in [7, 11) is 0. The Bertz CT molecular complexity index is 901. The molecule has 2 aromatic rings. The number of carbonyl (C=O) groups excluding carboxylic acids is 1. The van der Waals surface area contributed by atoms with Gasteiger partial charge in [-0.1, -0.05) is 36.4 Å². The van der Waals surface area contributed by atoms with E-state index in [0.29, 0.717) is 5.56 Å². The van der Waals surface area contributed by atoms with Gasteiger partial charge >= 0.3 is 23.4 Å². The van der Waals surface area contributed by atoms with Crippen molar-refractivity contribution in [2.24, 2.45) is 0 Å². The largest absolute Gasteiger partial charge is 0.480 e. The third kappa shape index (κ3) is 5.49. The fraction of sp³-hybridized carbons (Fsp3) is 0.176. The van der Waals surface area contributed by atoms with Crippen molar-refractivity contribution < 1.29 is 29.3 Å². The van der Waals surface area contributed by atoms with Crippen LogP contribution >= 0.6 is 0 Å². The van der Waals surface area contributed by atoms with Crippen molar-refractivity contribution in [3.8, 4) is 0 Å². The molecule has 0 unspecified atom stereocenters. The number of carbonyl (C=O) groups is 2. The minimum Gasteiger partial charge on any atom is -0.480 e. The maximum absolute atomic E-state index is 11.8. The van der Waals surface area contributed by atoms with Crippen LogP contribution in [0.15, 0.2) is 48.5 Å². The summed E-state index contributed by atoms with van der Waals surface area (Å²) in [5.74, 6) is -1.39. The van der Waals surface area contributed by atoms with Gasteiger partial charge in [-0.3, -0.25) is 20.2 Å². The number of carboxylic acids is 1. The zero-order chi connectivity index (χ0) is 20.7. The molecule has 11 nitrogen and oxygen atoms in total. The average molecular weight is 389 g/mol. The monoisotopic (exact) mass is 389 g/mol. The predicted octanol–water partition coefficient (Wildman–Crippen LogP) is 2.43. The maximum atomic E-state index is 11.8. The minimum atomic E-state index is -1.44. The summed E-state index contributed by atoms with van der Waals surface area (Å²) in [6.07, 6.45) is -1.30. The topological polar surface area (TPSA) is 162 Å². The van der Waals surface area contributed by atoms with Crippen molar-refractivity contribution in [3.05, 3.63) is 79.9 Å². The molecule has 0 aliphatic carbocycles.